The summed E-state index contributed by atoms with van der Waals surface area (Å²) in [6, 6.07) is 10.3. The molecule has 3 rings (SSSR count). The maximum atomic E-state index is 12.3. The van der Waals surface area contributed by atoms with Crippen LogP contribution in [0.5, 0.6) is 0 Å². The van der Waals surface area contributed by atoms with Gasteiger partial charge in [-0.15, -0.1) is 0 Å². The van der Waals surface area contributed by atoms with E-state index < -0.39 is 0 Å². The van der Waals surface area contributed by atoms with Gasteiger partial charge in [0.1, 0.15) is 5.69 Å². The summed E-state index contributed by atoms with van der Waals surface area (Å²) in [5.41, 5.74) is 3.06. The number of carbonyl (C=O) groups is 2. The first kappa shape index (κ1) is 14.7. The highest BCUT2D eigenvalue weighted by molar-refractivity contribution is 6.03. The van der Waals surface area contributed by atoms with Crippen LogP contribution in [0, 0.1) is 6.92 Å². The van der Waals surface area contributed by atoms with Crippen LogP contribution < -0.4 is 10.6 Å². The van der Waals surface area contributed by atoms with Gasteiger partial charge in [-0.1, -0.05) is 0 Å². The van der Waals surface area contributed by atoms with E-state index in [4.69, 9.17) is 0 Å². The van der Waals surface area contributed by atoms with Crippen LogP contribution >= 0.6 is 0 Å². The minimum absolute atomic E-state index is 0.143. The largest absolute Gasteiger partial charge is 0.326 e. The molecule has 0 aliphatic rings. The predicted octanol–water partition coefficient (Wildman–Crippen LogP) is 2.25. The number of nitrogens with one attached hydrogen (secondary N) is 2. The molecule has 0 bridgehead atoms. The normalized spacial score (nSPS) is 10.5. The molecule has 1 aromatic carbocycles. The van der Waals surface area contributed by atoms with Gasteiger partial charge in [0.15, 0.2) is 5.65 Å². The zero-order valence-electron chi connectivity index (χ0n) is 12.7. The zero-order chi connectivity index (χ0) is 16.4. The van der Waals surface area contributed by atoms with Gasteiger partial charge in [0.05, 0.1) is 6.20 Å². The fraction of sp³-hybridized carbons (Fsp3) is 0.125. The van der Waals surface area contributed by atoms with Crippen molar-refractivity contribution in [1.82, 2.24) is 14.6 Å². The molecule has 2 amide bonds. The average Bonchev–Trinajstić information content (AvgIpc) is 2.97. The average molecular weight is 309 g/mol. The lowest BCUT2D eigenvalue weighted by Crippen LogP contribution is -2.15. The summed E-state index contributed by atoms with van der Waals surface area (Å²) < 4.78 is 1.67. The second kappa shape index (κ2) is 5.88. The maximum absolute atomic E-state index is 12.3. The molecule has 0 spiro atoms. The molecule has 116 valence electrons. The molecule has 0 fully saturated rings. The van der Waals surface area contributed by atoms with Crippen LogP contribution in [-0.2, 0) is 4.79 Å². The monoisotopic (exact) mass is 309 g/mol. The molecule has 3 aromatic rings. The van der Waals surface area contributed by atoms with Gasteiger partial charge >= 0.3 is 0 Å². The highest BCUT2D eigenvalue weighted by Gasteiger charge is 2.11. The van der Waals surface area contributed by atoms with Gasteiger partial charge in [0.2, 0.25) is 5.91 Å². The van der Waals surface area contributed by atoms with E-state index in [1.54, 1.807) is 47.1 Å². The van der Waals surface area contributed by atoms with E-state index in [9.17, 15) is 9.59 Å². The van der Waals surface area contributed by atoms with Crippen molar-refractivity contribution in [3.05, 3.63) is 54.0 Å². The number of rotatable bonds is 3. The molecule has 2 N–H and O–H groups in total. The van der Waals surface area contributed by atoms with Crippen molar-refractivity contribution in [3.63, 3.8) is 0 Å². The Morgan fingerprint density at radius 3 is 2.35 bits per heavy atom. The molecule has 0 aliphatic heterocycles. The van der Waals surface area contributed by atoms with Crippen LogP contribution in [0.15, 0.2) is 42.6 Å². The molecule has 0 saturated heterocycles. The van der Waals surface area contributed by atoms with Crippen molar-refractivity contribution < 1.29 is 9.59 Å². The molecule has 23 heavy (non-hydrogen) atoms. The third-order valence-corrected chi connectivity index (χ3v) is 3.23. The van der Waals surface area contributed by atoms with Gasteiger partial charge in [-0.05, 0) is 37.3 Å². The van der Waals surface area contributed by atoms with E-state index in [-0.39, 0.29) is 11.8 Å². The first-order valence-corrected chi connectivity index (χ1v) is 7.03. The molecule has 2 aromatic heterocycles. The Morgan fingerprint density at radius 2 is 1.70 bits per heavy atom. The minimum Gasteiger partial charge on any atom is -0.326 e. The number of amides is 2. The minimum atomic E-state index is -0.302. The Hall–Kier alpha value is -3.22. The van der Waals surface area contributed by atoms with Crippen molar-refractivity contribution in [2.45, 2.75) is 13.8 Å². The van der Waals surface area contributed by atoms with E-state index in [0.717, 1.165) is 5.69 Å². The van der Waals surface area contributed by atoms with E-state index in [0.29, 0.717) is 22.7 Å². The van der Waals surface area contributed by atoms with Gasteiger partial charge in [-0.25, -0.2) is 9.50 Å². The van der Waals surface area contributed by atoms with Crippen LogP contribution in [0.3, 0.4) is 0 Å². The number of hydrogen-bond acceptors (Lipinski definition) is 4. The summed E-state index contributed by atoms with van der Waals surface area (Å²) in [6.45, 7) is 3.30. The van der Waals surface area contributed by atoms with Crippen molar-refractivity contribution in [2.24, 2.45) is 0 Å². The van der Waals surface area contributed by atoms with Gasteiger partial charge in [0.25, 0.3) is 5.91 Å². The fourth-order valence-electron chi connectivity index (χ4n) is 2.22. The fourth-order valence-corrected chi connectivity index (χ4v) is 2.22. The smallest absolute Gasteiger partial charge is 0.274 e. The van der Waals surface area contributed by atoms with Gasteiger partial charge in [0, 0.05) is 30.1 Å². The number of hydrogen-bond donors (Lipinski definition) is 2. The van der Waals surface area contributed by atoms with Crippen LogP contribution in [0.25, 0.3) is 5.65 Å². The van der Waals surface area contributed by atoms with Crippen molar-refractivity contribution >= 4 is 28.8 Å². The summed E-state index contributed by atoms with van der Waals surface area (Å²) in [5, 5.41) is 9.57. The number of aryl methyl sites for hydroxylation is 1. The molecular weight excluding hydrogens is 294 g/mol. The Kier molecular flexibility index (Phi) is 3.76. The zero-order valence-corrected chi connectivity index (χ0v) is 12.7. The van der Waals surface area contributed by atoms with E-state index in [1.807, 2.05) is 6.92 Å². The molecule has 7 heteroatoms. The SMILES string of the molecule is CC(=O)Nc1ccc(NC(=O)c2cc(C)n3nccc3n2)cc1. The third-order valence-electron chi connectivity index (χ3n) is 3.23. The number of anilines is 2. The van der Waals surface area contributed by atoms with Crippen LogP contribution in [-0.4, -0.2) is 26.4 Å². The predicted molar refractivity (Wildman–Crippen MR) is 86.4 cm³/mol. The highest BCUT2D eigenvalue weighted by Crippen LogP contribution is 2.15. The Morgan fingerprint density at radius 1 is 1.04 bits per heavy atom. The van der Waals surface area contributed by atoms with Crippen LogP contribution in [0.4, 0.5) is 11.4 Å². The molecule has 7 nitrogen and oxygen atoms in total. The number of aromatic nitrogens is 3. The van der Waals surface area contributed by atoms with Gasteiger partial charge < -0.3 is 10.6 Å². The highest BCUT2D eigenvalue weighted by atomic mass is 16.2. The topological polar surface area (TPSA) is 88.4 Å². The first-order chi connectivity index (χ1) is 11.0. The number of nitrogens with zero attached hydrogens (tertiary/aromatic N) is 3. The van der Waals surface area contributed by atoms with E-state index in [1.165, 1.54) is 6.92 Å². The summed E-state index contributed by atoms with van der Waals surface area (Å²) in [7, 11) is 0. The maximum Gasteiger partial charge on any atom is 0.274 e. The molecular formula is C16H15N5O2. The summed E-state index contributed by atoms with van der Waals surface area (Å²) in [4.78, 5) is 27.6. The van der Waals surface area contributed by atoms with Crippen LogP contribution in [0.1, 0.15) is 23.1 Å². The first-order valence-electron chi connectivity index (χ1n) is 7.03. The second-order valence-electron chi connectivity index (χ2n) is 5.10. The Balaban J connectivity index is 1.78. The quantitative estimate of drug-likeness (QED) is 0.776. The van der Waals surface area contributed by atoms with E-state index >= 15 is 0 Å². The molecule has 2 heterocycles. The number of carbonyl (C=O) groups excluding carboxylic acids is 2. The van der Waals surface area contributed by atoms with Gasteiger partial charge in [-0.2, -0.15) is 5.10 Å². The Labute approximate surface area is 132 Å². The standard InChI is InChI=1S/C16H15N5O2/c1-10-9-14(20-15-7-8-17-21(10)15)16(23)19-13-5-3-12(4-6-13)18-11(2)22/h3-9H,1-2H3,(H,18,22)(H,19,23). The van der Waals surface area contributed by atoms with Crippen molar-refractivity contribution in [2.75, 3.05) is 10.6 Å². The lowest BCUT2D eigenvalue weighted by molar-refractivity contribution is -0.114. The number of benzene rings is 1. The summed E-state index contributed by atoms with van der Waals surface area (Å²) >= 11 is 0. The molecule has 0 atom stereocenters. The number of fused-ring (bicyclic) bond motifs is 1. The lowest BCUT2D eigenvalue weighted by Gasteiger charge is -2.08. The molecule has 0 unspecified atom stereocenters. The molecule has 0 radical (unpaired) electrons. The summed E-state index contributed by atoms with van der Waals surface area (Å²) in [6.07, 6.45) is 1.64. The third kappa shape index (κ3) is 3.18. The van der Waals surface area contributed by atoms with E-state index in [2.05, 4.69) is 20.7 Å². The molecule has 0 saturated carbocycles. The van der Waals surface area contributed by atoms with Crippen molar-refractivity contribution in [1.29, 1.82) is 0 Å². The lowest BCUT2D eigenvalue weighted by atomic mass is 10.2. The van der Waals surface area contributed by atoms with Crippen LogP contribution in [0.2, 0.25) is 0 Å². The van der Waals surface area contributed by atoms with Gasteiger partial charge in [-0.3, -0.25) is 9.59 Å². The summed E-state index contributed by atoms with van der Waals surface area (Å²) in [5.74, 6) is -0.445. The molecule has 0 aliphatic carbocycles. The Bertz CT molecular complexity index is 883. The van der Waals surface area contributed by atoms with Crippen molar-refractivity contribution in [3.8, 4) is 0 Å². The second-order valence-corrected chi connectivity index (χ2v) is 5.10.